The summed E-state index contributed by atoms with van der Waals surface area (Å²) >= 11 is 0. The average Bonchev–Trinajstić information content (AvgIpc) is 2.82. The third kappa shape index (κ3) is 5.12. The maximum Gasteiger partial charge on any atom is 0.125 e. The van der Waals surface area contributed by atoms with Crippen LogP contribution in [0.25, 0.3) is 0 Å². The highest BCUT2D eigenvalue weighted by Crippen LogP contribution is 2.38. The SMILES string of the molecule is COc1ccc(OC)c(C2N(Cc3ccc(C)cc3)CCCN2Cc2ccc(F)cc2)c1. The second kappa shape index (κ2) is 10.2. The number of aryl methyl sites for hydroxylation is 1. The van der Waals surface area contributed by atoms with E-state index in [1.165, 1.54) is 23.3 Å². The topological polar surface area (TPSA) is 24.9 Å². The van der Waals surface area contributed by atoms with E-state index in [9.17, 15) is 4.39 Å². The fraction of sp³-hybridized carbons (Fsp3) is 0.333. The maximum atomic E-state index is 13.5. The predicted molar refractivity (Wildman–Crippen MR) is 125 cm³/mol. The molecule has 0 amide bonds. The van der Waals surface area contributed by atoms with Crippen LogP contribution in [-0.4, -0.2) is 37.1 Å². The van der Waals surface area contributed by atoms with Crippen LogP contribution in [0.5, 0.6) is 11.5 Å². The molecule has 1 fully saturated rings. The van der Waals surface area contributed by atoms with Crippen LogP contribution in [0.4, 0.5) is 4.39 Å². The molecule has 3 aromatic carbocycles. The molecule has 0 aromatic heterocycles. The van der Waals surface area contributed by atoms with Crippen molar-refractivity contribution in [1.29, 1.82) is 0 Å². The molecule has 1 aliphatic rings. The van der Waals surface area contributed by atoms with Gasteiger partial charge in [-0.2, -0.15) is 0 Å². The first kappa shape index (κ1) is 22.3. The minimum absolute atomic E-state index is 0.0140. The Morgan fingerprint density at radius 2 is 1.41 bits per heavy atom. The smallest absolute Gasteiger partial charge is 0.125 e. The fourth-order valence-electron chi connectivity index (χ4n) is 4.47. The summed E-state index contributed by atoms with van der Waals surface area (Å²) < 4.78 is 24.8. The van der Waals surface area contributed by atoms with Crippen LogP contribution in [0.15, 0.2) is 66.7 Å². The standard InChI is InChI=1S/C27H31FN2O2/c1-20-5-7-21(8-6-20)18-29-15-4-16-30(19-22-9-11-23(28)12-10-22)27(29)25-17-24(31-2)13-14-26(25)32-3/h5-14,17,27H,4,15-16,18-19H2,1-3H3. The van der Waals surface area contributed by atoms with Gasteiger partial charge in [-0.3, -0.25) is 9.80 Å². The number of halogens is 1. The molecule has 0 bridgehead atoms. The van der Waals surface area contributed by atoms with Crippen molar-refractivity contribution < 1.29 is 13.9 Å². The molecule has 0 aliphatic carbocycles. The molecule has 0 saturated carbocycles. The number of nitrogens with zero attached hydrogens (tertiary/aromatic N) is 2. The quantitative estimate of drug-likeness (QED) is 0.486. The highest BCUT2D eigenvalue weighted by molar-refractivity contribution is 5.42. The fourth-order valence-corrected chi connectivity index (χ4v) is 4.47. The summed E-state index contributed by atoms with van der Waals surface area (Å²) in [4.78, 5) is 4.94. The number of rotatable bonds is 7. The summed E-state index contributed by atoms with van der Waals surface area (Å²) in [5.41, 5.74) is 4.72. The molecular formula is C27H31FN2O2. The lowest BCUT2D eigenvalue weighted by Gasteiger charge is -2.44. The van der Waals surface area contributed by atoms with Gasteiger partial charge < -0.3 is 9.47 Å². The van der Waals surface area contributed by atoms with Crippen LogP contribution in [-0.2, 0) is 13.1 Å². The van der Waals surface area contributed by atoms with Gasteiger partial charge in [0.05, 0.1) is 20.4 Å². The second-order valence-corrected chi connectivity index (χ2v) is 8.39. The number of hydrogen-bond acceptors (Lipinski definition) is 4. The average molecular weight is 435 g/mol. The van der Waals surface area contributed by atoms with E-state index in [0.29, 0.717) is 0 Å². The molecule has 1 unspecified atom stereocenters. The van der Waals surface area contributed by atoms with Gasteiger partial charge in [-0.05, 0) is 54.8 Å². The minimum Gasteiger partial charge on any atom is -0.497 e. The summed E-state index contributed by atoms with van der Waals surface area (Å²) in [7, 11) is 3.40. The van der Waals surface area contributed by atoms with E-state index in [0.717, 1.165) is 55.2 Å². The van der Waals surface area contributed by atoms with Gasteiger partial charge in [-0.1, -0.05) is 42.0 Å². The predicted octanol–water partition coefficient (Wildman–Crippen LogP) is 5.56. The highest BCUT2D eigenvalue weighted by atomic mass is 19.1. The Morgan fingerprint density at radius 1 is 0.812 bits per heavy atom. The van der Waals surface area contributed by atoms with Crippen molar-refractivity contribution in [3.8, 4) is 11.5 Å². The lowest BCUT2D eigenvalue weighted by atomic mass is 10.0. The molecule has 1 heterocycles. The van der Waals surface area contributed by atoms with Crippen LogP contribution in [0, 0.1) is 12.7 Å². The Morgan fingerprint density at radius 3 is 1.97 bits per heavy atom. The van der Waals surface area contributed by atoms with Crippen molar-refractivity contribution >= 4 is 0 Å². The molecule has 0 spiro atoms. The van der Waals surface area contributed by atoms with Crippen molar-refractivity contribution in [3.63, 3.8) is 0 Å². The van der Waals surface area contributed by atoms with Crippen LogP contribution in [0.3, 0.4) is 0 Å². The molecule has 1 atom stereocenters. The van der Waals surface area contributed by atoms with Gasteiger partial charge in [0.15, 0.2) is 0 Å². The summed E-state index contributed by atoms with van der Waals surface area (Å²) in [5.74, 6) is 1.44. The Kier molecular flexibility index (Phi) is 7.08. The minimum atomic E-state index is -0.209. The maximum absolute atomic E-state index is 13.5. The second-order valence-electron chi connectivity index (χ2n) is 8.39. The van der Waals surface area contributed by atoms with E-state index in [-0.39, 0.29) is 12.0 Å². The molecule has 4 nitrogen and oxygen atoms in total. The van der Waals surface area contributed by atoms with Crippen LogP contribution in [0.1, 0.15) is 34.8 Å². The molecule has 0 radical (unpaired) electrons. The molecule has 5 heteroatoms. The van der Waals surface area contributed by atoms with Crippen molar-refractivity contribution in [2.75, 3.05) is 27.3 Å². The molecule has 1 aliphatic heterocycles. The van der Waals surface area contributed by atoms with Crippen molar-refractivity contribution in [3.05, 3.63) is 94.8 Å². The molecule has 4 rings (SSSR count). The summed E-state index contributed by atoms with van der Waals surface area (Å²) in [6.45, 7) is 5.62. The molecule has 168 valence electrons. The highest BCUT2D eigenvalue weighted by Gasteiger charge is 2.33. The van der Waals surface area contributed by atoms with Gasteiger partial charge in [0.25, 0.3) is 0 Å². The van der Waals surface area contributed by atoms with Crippen molar-refractivity contribution in [2.24, 2.45) is 0 Å². The van der Waals surface area contributed by atoms with Crippen LogP contribution < -0.4 is 9.47 Å². The van der Waals surface area contributed by atoms with E-state index in [2.05, 4.69) is 47.1 Å². The zero-order valence-corrected chi connectivity index (χ0v) is 19.1. The number of methoxy groups -OCH3 is 2. The van der Waals surface area contributed by atoms with Gasteiger partial charge >= 0.3 is 0 Å². The van der Waals surface area contributed by atoms with Crippen molar-refractivity contribution in [1.82, 2.24) is 9.80 Å². The van der Waals surface area contributed by atoms with Gasteiger partial charge in [-0.25, -0.2) is 4.39 Å². The Balaban J connectivity index is 1.71. The lowest BCUT2D eigenvalue weighted by Crippen LogP contribution is -2.47. The summed E-state index contributed by atoms with van der Waals surface area (Å²) in [6, 6.07) is 21.5. The summed E-state index contributed by atoms with van der Waals surface area (Å²) in [6.07, 6.45) is 1.08. The largest absolute Gasteiger partial charge is 0.497 e. The molecule has 32 heavy (non-hydrogen) atoms. The van der Waals surface area contributed by atoms with Gasteiger partial charge in [0.1, 0.15) is 17.3 Å². The number of hydrogen-bond donors (Lipinski definition) is 0. The van der Waals surface area contributed by atoms with Crippen LogP contribution >= 0.6 is 0 Å². The third-order valence-corrected chi connectivity index (χ3v) is 6.10. The van der Waals surface area contributed by atoms with E-state index < -0.39 is 0 Å². The Hall–Kier alpha value is -2.89. The lowest BCUT2D eigenvalue weighted by molar-refractivity contribution is -0.0104. The molecule has 0 N–H and O–H groups in total. The first-order valence-corrected chi connectivity index (χ1v) is 11.1. The Labute approximate surface area is 190 Å². The molecular weight excluding hydrogens is 403 g/mol. The van der Waals surface area contributed by atoms with E-state index in [4.69, 9.17) is 9.47 Å². The van der Waals surface area contributed by atoms with Gasteiger partial charge in [0, 0.05) is 31.7 Å². The monoisotopic (exact) mass is 434 g/mol. The zero-order chi connectivity index (χ0) is 22.5. The molecule has 1 saturated heterocycles. The zero-order valence-electron chi connectivity index (χ0n) is 19.1. The Bertz CT molecular complexity index is 965. The van der Waals surface area contributed by atoms with E-state index in [1.807, 2.05) is 24.3 Å². The normalized spacial score (nSPS) is 17.3. The van der Waals surface area contributed by atoms with Gasteiger partial charge in [0.2, 0.25) is 0 Å². The van der Waals surface area contributed by atoms with Crippen molar-refractivity contribution in [2.45, 2.75) is 32.6 Å². The molecule has 3 aromatic rings. The first-order valence-electron chi connectivity index (χ1n) is 11.1. The van der Waals surface area contributed by atoms with E-state index in [1.54, 1.807) is 14.2 Å². The first-order chi connectivity index (χ1) is 15.6. The van der Waals surface area contributed by atoms with Gasteiger partial charge in [-0.15, -0.1) is 0 Å². The van der Waals surface area contributed by atoms with Crippen LogP contribution in [0.2, 0.25) is 0 Å². The third-order valence-electron chi connectivity index (χ3n) is 6.10. The number of benzene rings is 3. The number of ether oxygens (including phenoxy) is 2. The summed E-state index contributed by atoms with van der Waals surface area (Å²) in [5, 5.41) is 0. The van der Waals surface area contributed by atoms with E-state index >= 15 is 0 Å².